The Kier molecular flexibility index (Phi) is 4.97. The number of methoxy groups -OCH3 is 1. The molecule has 1 aromatic carbocycles. The fourth-order valence-corrected chi connectivity index (χ4v) is 1.35. The summed E-state index contributed by atoms with van der Waals surface area (Å²) in [5.74, 6) is 0.614. The van der Waals surface area contributed by atoms with Gasteiger partial charge >= 0.3 is 0 Å². The smallest absolute Gasteiger partial charge is 0.222 e. The first-order valence-corrected chi connectivity index (χ1v) is 5.64. The van der Waals surface area contributed by atoms with Gasteiger partial charge in [0, 0.05) is 12.5 Å². The van der Waals surface area contributed by atoms with E-state index >= 15 is 0 Å². The molecule has 1 rings (SSSR count). The monoisotopic (exact) mass is 237 g/mol. The number of hydrogen-bond donors (Lipinski definition) is 2. The molecule has 1 aromatic rings. The Hall–Kier alpha value is -1.55. The zero-order valence-electron chi connectivity index (χ0n) is 10.4. The molecule has 0 saturated carbocycles. The number of hydrogen-bond acceptors (Lipinski definition) is 3. The zero-order chi connectivity index (χ0) is 12.8. The first-order chi connectivity index (χ1) is 8.04. The molecule has 1 unspecified atom stereocenters. The summed E-state index contributed by atoms with van der Waals surface area (Å²) in [6.45, 7) is 3.85. The molecule has 0 aromatic heterocycles. The Bertz CT molecular complexity index is 359. The van der Waals surface area contributed by atoms with Gasteiger partial charge in [0.2, 0.25) is 5.91 Å². The van der Waals surface area contributed by atoms with Crippen molar-refractivity contribution in [2.45, 2.75) is 20.0 Å². The summed E-state index contributed by atoms with van der Waals surface area (Å²) in [5, 5.41) is 12.5. The lowest BCUT2D eigenvalue weighted by Gasteiger charge is -2.13. The van der Waals surface area contributed by atoms with Gasteiger partial charge < -0.3 is 15.2 Å². The molecule has 94 valence electrons. The molecule has 2 N–H and O–H groups in total. The maximum Gasteiger partial charge on any atom is 0.222 e. The van der Waals surface area contributed by atoms with Crippen molar-refractivity contribution in [1.82, 2.24) is 5.32 Å². The van der Waals surface area contributed by atoms with Crippen molar-refractivity contribution in [1.29, 1.82) is 0 Å². The topological polar surface area (TPSA) is 58.6 Å². The van der Waals surface area contributed by atoms with E-state index in [4.69, 9.17) is 4.74 Å². The minimum Gasteiger partial charge on any atom is -0.497 e. The highest BCUT2D eigenvalue weighted by Crippen LogP contribution is 2.16. The van der Waals surface area contributed by atoms with E-state index in [9.17, 15) is 9.90 Å². The third kappa shape index (κ3) is 4.07. The van der Waals surface area contributed by atoms with Crippen LogP contribution in [-0.4, -0.2) is 24.7 Å². The zero-order valence-corrected chi connectivity index (χ0v) is 10.4. The summed E-state index contributed by atoms with van der Waals surface area (Å²) in [4.78, 5) is 11.3. The van der Waals surface area contributed by atoms with Crippen molar-refractivity contribution in [3.05, 3.63) is 29.8 Å². The second kappa shape index (κ2) is 6.25. The van der Waals surface area contributed by atoms with Crippen LogP contribution in [0.2, 0.25) is 0 Å². The van der Waals surface area contributed by atoms with E-state index in [1.807, 2.05) is 13.8 Å². The fourth-order valence-electron chi connectivity index (χ4n) is 1.35. The lowest BCUT2D eigenvalue weighted by atomic mass is 10.1. The van der Waals surface area contributed by atoms with E-state index in [2.05, 4.69) is 5.32 Å². The van der Waals surface area contributed by atoms with Gasteiger partial charge in [0.25, 0.3) is 0 Å². The minimum atomic E-state index is -0.691. The van der Waals surface area contributed by atoms with Crippen LogP contribution >= 0.6 is 0 Å². The molecule has 0 saturated heterocycles. The van der Waals surface area contributed by atoms with Crippen molar-refractivity contribution in [2.24, 2.45) is 5.92 Å². The number of ether oxygens (including phenoxy) is 1. The lowest BCUT2D eigenvalue weighted by Crippen LogP contribution is -2.31. The quantitative estimate of drug-likeness (QED) is 0.816. The van der Waals surface area contributed by atoms with Crippen molar-refractivity contribution in [2.75, 3.05) is 13.7 Å². The van der Waals surface area contributed by atoms with Crippen LogP contribution in [0.15, 0.2) is 24.3 Å². The Morgan fingerprint density at radius 3 is 2.41 bits per heavy atom. The lowest BCUT2D eigenvalue weighted by molar-refractivity contribution is -0.124. The fraction of sp³-hybridized carbons (Fsp3) is 0.462. The summed E-state index contributed by atoms with van der Waals surface area (Å²) in [5.41, 5.74) is 0.759. The third-order valence-electron chi connectivity index (χ3n) is 2.49. The molecule has 1 amide bonds. The second-order valence-corrected chi connectivity index (χ2v) is 4.19. The van der Waals surface area contributed by atoms with Gasteiger partial charge in [0.05, 0.1) is 13.2 Å². The highest BCUT2D eigenvalue weighted by Gasteiger charge is 2.11. The average Bonchev–Trinajstić information content (AvgIpc) is 2.35. The van der Waals surface area contributed by atoms with E-state index in [-0.39, 0.29) is 18.4 Å². The number of amides is 1. The van der Waals surface area contributed by atoms with Crippen LogP contribution in [0.25, 0.3) is 0 Å². The first-order valence-electron chi connectivity index (χ1n) is 5.64. The highest BCUT2D eigenvalue weighted by atomic mass is 16.5. The predicted molar refractivity (Wildman–Crippen MR) is 65.8 cm³/mol. The number of nitrogens with one attached hydrogen (secondary N) is 1. The van der Waals surface area contributed by atoms with E-state index in [1.165, 1.54) is 0 Å². The predicted octanol–water partition coefficient (Wildman–Crippen LogP) is 1.50. The maximum absolute atomic E-state index is 11.3. The van der Waals surface area contributed by atoms with Gasteiger partial charge in [-0.15, -0.1) is 0 Å². The van der Waals surface area contributed by atoms with Gasteiger partial charge in [-0.25, -0.2) is 0 Å². The standard InChI is InChI=1S/C13H19NO3/c1-9(2)13(16)14-8-12(15)10-4-6-11(17-3)7-5-10/h4-7,9,12,15H,8H2,1-3H3,(H,14,16). The van der Waals surface area contributed by atoms with Gasteiger partial charge in [0.1, 0.15) is 5.75 Å². The number of rotatable bonds is 5. The largest absolute Gasteiger partial charge is 0.497 e. The van der Waals surface area contributed by atoms with E-state index < -0.39 is 6.10 Å². The van der Waals surface area contributed by atoms with Gasteiger partial charge in [-0.2, -0.15) is 0 Å². The molecule has 0 aliphatic carbocycles. The molecule has 4 heteroatoms. The summed E-state index contributed by atoms with van der Waals surface area (Å²) in [6.07, 6.45) is -0.691. The van der Waals surface area contributed by atoms with Crippen LogP contribution in [0.5, 0.6) is 5.75 Å². The van der Waals surface area contributed by atoms with Gasteiger partial charge in [0.15, 0.2) is 0 Å². The minimum absolute atomic E-state index is 0.0578. The molecule has 0 fully saturated rings. The SMILES string of the molecule is COc1ccc(C(O)CNC(=O)C(C)C)cc1. The molecule has 4 nitrogen and oxygen atoms in total. The Morgan fingerprint density at radius 1 is 1.35 bits per heavy atom. The Labute approximate surface area is 102 Å². The molecule has 0 heterocycles. The molecule has 1 atom stereocenters. The molecular formula is C13H19NO3. The van der Waals surface area contributed by atoms with Gasteiger partial charge in [-0.05, 0) is 17.7 Å². The molecular weight excluding hydrogens is 218 g/mol. The van der Waals surface area contributed by atoms with E-state index in [0.29, 0.717) is 0 Å². The Balaban J connectivity index is 2.51. The van der Waals surface area contributed by atoms with Crippen LogP contribution in [-0.2, 0) is 4.79 Å². The molecule has 0 radical (unpaired) electrons. The highest BCUT2D eigenvalue weighted by molar-refractivity contribution is 5.77. The van der Waals surface area contributed by atoms with Crippen LogP contribution in [0.3, 0.4) is 0 Å². The second-order valence-electron chi connectivity index (χ2n) is 4.19. The molecule has 0 aliphatic rings. The van der Waals surface area contributed by atoms with Crippen molar-refractivity contribution < 1.29 is 14.6 Å². The van der Waals surface area contributed by atoms with Crippen molar-refractivity contribution in [3.63, 3.8) is 0 Å². The Morgan fingerprint density at radius 2 is 1.94 bits per heavy atom. The third-order valence-corrected chi connectivity index (χ3v) is 2.49. The molecule has 0 spiro atoms. The van der Waals surface area contributed by atoms with Crippen LogP contribution in [0.1, 0.15) is 25.5 Å². The van der Waals surface area contributed by atoms with Gasteiger partial charge in [-0.3, -0.25) is 4.79 Å². The van der Waals surface area contributed by atoms with E-state index in [1.54, 1.807) is 31.4 Å². The van der Waals surface area contributed by atoms with Crippen LogP contribution < -0.4 is 10.1 Å². The molecule has 0 aliphatic heterocycles. The van der Waals surface area contributed by atoms with Gasteiger partial charge in [-0.1, -0.05) is 26.0 Å². The van der Waals surface area contributed by atoms with Crippen molar-refractivity contribution in [3.8, 4) is 5.75 Å². The summed E-state index contributed by atoms with van der Waals surface area (Å²) >= 11 is 0. The first kappa shape index (κ1) is 13.5. The summed E-state index contributed by atoms with van der Waals surface area (Å²) < 4.78 is 5.03. The molecule has 0 bridgehead atoms. The van der Waals surface area contributed by atoms with Crippen LogP contribution in [0, 0.1) is 5.92 Å². The van der Waals surface area contributed by atoms with Crippen LogP contribution in [0.4, 0.5) is 0 Å². The average molecular weight is 237 g/mol. The normalized spacial score (nSPS) is 12.3. The van der Waals surface area contributed by atoms with E-state index in [0.717, 1.165) is 11.3 Å². The number of benzene rings is 1. The summed E-state index contributed by atoms with van der Waals surface area (Å²) in [7, 11) is 1.59. The maximum atomic E-state index is 11.3. The number of aliphatic hydroxyl groups excluding tert-OH is 1. The summed E-state index contributed by atoms with van der Waals surface area (Å²) in [6, 6.07) is 7.13. The number of carbonyl (C=O) groups excluding carboxylic acids is 1. The molecule has 17 heavy (non-hydrogen) atoms. The van der Waals surface area contributed by atoms with Crippen molar-refractivity contribution >= 4 is 5.91 Å². The number of aliphatic hydroxyl groups is 1. The number of carbonyl (C=O) groups is 1.